The summed E-state index contributed by atoms with van der Waals surface area (Å²) in [6, 6.07) is 6.13. The molecule has 1 aromatic heterocycles. The summed E-state index contributed by atoms with van der Waals surface area (Å²) in [7, 11) is 1.70. The maximum absolute atomic E-state index is 12.7. The number of carbonyl (C=O) groups excluding carboxylic acids is 1. The van der Waals surface area contributed by atoms with Gasteiger partial charge in [0.1, 0.15) is 17.8 Å². The molecule has 5 rings (SSSR count). The third kappa shape index (κ3) is 3.67. The van der Waals surface area contributed by atoms with E-state index in [1.807, 2.05) is 6.07 Å². The predicted octanol–water partition coefficient (Wildman–Crippen LogP) is 3.60. The van der Waals surface area contributed by atoms with Crippen LogP contribution < -0.4 is 10.1 Å². The van der Waals surface area contributed by atoms with Crippen molar-refractivity contribution in [3.05, 3.63) is 42.1 Å². The van der Waals surface area contributed by atoms with Gasteiger partial charge in [-0.1, -0.05) is 19.1 Å². The summed E-state index contributed by atoms with van der Waals surface area (Å²) >= 11 is 0. The SMILES string of the molecule is C=C1CCC[C@]2(C)C[C@H]3OC(=O)[C@@H](C[NH2+]CCc4c[nH]c5ccc(OC)cc45)[C@H]3C[C@H]12. The highest BCUT2D eigenvalue weighted by Gasteiger charge is 2.55. The molecular formula is C26H35N2O3+. The van der Waals surface area contributed by atoms with Crippen molar-refractivity contribution in [1.29, 1.82) is 0 Å². The van der Waals surface area contributed by atoms with Gasteiger partial charge in [-0.3, -0.25) is 4.79 Å². The molecule has 1 saturated heterocycles. The number of allylic oxidation sites excluding steroid dienone is 1. The van der Waals surface area contributed by atoms with Gasteiger partial charge in [0.05, 0.1) is 20.2 Å². The zero-order chi connectivity index (χ0) is 21.6. The van der Waals surface area contributed by atoms with Crippen LogP contribution in [0.1, 0.15) is 44.6 Å². The van der Waals surface area contributed by atoms with Gasteiger partial charge in [0, 0.05) is 29.4 Å². The zero-order valence-electron chi connectivity index (χ0n) is 18.8. The van der Waals surface area contributed by atoms with E-state index in [9.17, 15) is 4.79 Å². The van der Waals surface area contributed by atoms with Crippen molar-refractivity contribution in [2.45, 2.75) is 51.6 Å². The number of rotatable bonds is 6. The topological polar surface area (TPSA) is 67.9 Å². The van der Waals surface area contributed by atoms with E-state index in [1.54, 1.807) is 7.11 Å². The molecule has 5 heteroatoms. The van der Waals surface area contributed by atoms with Crippen LogP contribution in [0.3, 0.4) is 0 Å². The Morgan fingerprint density at radius 3 is 3.10 bits per heavy atom. The molecular weight excluding hydrogens is 388 g/mol. The number of esters is 1. The molecule has 3 N–H and O–H groups in total. The van der Waals surface area contributed by atoms with E-state index in [0.29, 0.717) is 11.8 Å². The standard InChI is InChI=1S/C26H34N2O3/c1-16-5-4-9-26(2)13-24-20(12-22(16)26)21(25(29)31-24)15-27-10-8-17-14-28-23-7-6-18(30-3)11-19(17)23/h6-7,11,14,20-22,24,27-28H,1,4-5,8-10,12-13,15H2,2-3H3/p+1/t20-,21+,22-,24-,26-/m1/s1. The lowest BCUT2D eigenvalue weighted by molar-refractivity contribution is -0.658. The second-order valence-electron chi connectivity index (χ2n) is 10.2. The number of fused-ring (bicyclic) bond motifs is 3. The molecule has 1 aliphatic heterocycles. The molecule has 31 heavy (non-hydrogen) atoms. The van der Waals surface area contributed by atoms with Gasteiger partial charge in [0.25, 0.3) is 0 Å². The van der Waals surface area contributed by atoms with Crippen LogP contribution in [0.15, 0.2) is 36.5 Å². The van der Waals surface area contributed by atoms with Gasteiger partial charge in [-0.15, -0.1) is 0 Å². The van der Waals surface area contributed by atoms with Crippen LogP contribution in [-0.4, -0.2) is 37.3 Å². The maximum Gasteiger partial charge on any atom is 0.315 e. The normalized spacial score (nSPS) is 32.6. The van der Waals surface area contributed by atoms with Crippen LogP contribution in [0, 0.1) is 23.2 Å². The summed E-state index contributed by atoms with van der Waals surface area (Å²) in [5.74, 6) is 1.84. The summed E-state index contributed by atoms with van der Waals surface area (Å²) in [5.41, 5.74) is 4.11. The molecule has 5 nitrogen and oxygen atoms in total. The van der Waals surface area contributed by atoms with E-state index in [0.717, 1.165) is 50.0 Å². The third-order valence-electron chi connectivity index (χ3n) is 8.33. The number of hydrogen-bond donors (Lipinski definition) is 2. The van der Waals surface area contributed by atoms with Crippen LogP contribution in [0.4, 0.5) is 0 Å². The minimum atomic E-state index is 0.0207. The van der Waals surface area contributed by atoms with Crippen molar-refractivity contribution in [1.82, 2.24) is 4.98 Å². The first-order chi connectivity index (χ1) is 15.0. The van der Waals surface area contributed by atoms with E-state index in [2.05, 4.69) is 42.1 Å². The molecule has 1 aromatic carbocycles. The van der Waals surface area contributed by atoms with Crippen molar-refractivity contribution < 1.29 is 19.6 Å². The van der Waals surface area contributed by atoms with Crippen LogP contribution >= 0.6 is 0 Å². The number of ether oxygens (including phenoxy) is 2. The molecule has 3 fully saturated rings. The van der Waals surface area contributed by atoms with Gasteiger partial charge >= 0.3 is 5.97 Å². The van der Waals surface area contributed by atoms with E-state index >= 15 is 0 Å². The highest BCUT2D eigenvalue weighted by molar-refractivity contribution is 5.84. The average molecular weight is 424 g/mol. The van der Waals surface area contributed by atoms with Gasteiger partial charge < -0.3 is 19.8 Å². The number of methoxy groups -OCH3 is 1. The first-order valence-corrected chi connectivity index (χ1v) is 11.8. The van der Waals surface area contributed by atoms with Gasteiger partial charge in [0.15, 0.2) is 0 Å². The fraction of sp³-hybridized carbons (Fsp3) is 0.577. The number of aromatic nitrogens is 1. The lowest BCUT2D eigenvalue weighted by Crippen LogP contribution is -2.86. The van der Waals surface area contributed by atoms with Crippen LogP contribution in [0.25, 0.3) is 10.9 Å². The molecule has 0 spiro atoms. The summed E-state index contributed by atoms with van der Waals surface area (Å²) in [6.07, 6.45) is 8.87. The fourth-order valence-electron chi connectivity index (χ4n) is 6.57. The van der Waals surface area contributed by atoms with Gasteiger partial charge in [0.2, 0.25) is 0 Å². The van der Waals surface area contributed by atoms with E-state index in [-0.39, 0.29) is 23.4 Å². The number of carbonyl (C=O) groups is 1. The van der Waals surface area contributed by atoms with Crippen LogP contribution in [0.2, 0.25) is 0 Å². The Kier molecular flexibility index (Phi) is 5.33. The Morgan fingerprint density at radius 1 is 1.39 bits per heavy atom. The average Bonchev–Trinajstić information content (AvgIpc) is 3.29. The van der Waals surface area contributed by atoms with E-state index < -0.39 is 0 Å². The molecule has 2 aliphatic carbocycles. The number of quaternary nitrogens is 1. The Hall–Kier alpha value is -2.27. The zero-order valence-corrected chi connectivity index (χ0v) is 18.8. The molecule has 0 amide bonds. The molecule has 2 saturated carbocycles. The number of hydrogen-bond acceptors (Lipinski definition) is 3. The summed E-state index contributed by atoms with van der Waals surface area (Å²) in [4.78, 5) is 16.1. The minimum Gasteiger partial charge on any atom is -0.497 e. The van der Waals surface area contributed by atoms with Crippen molar-refractivity contribution >= 4 is 16.9 Å². The molecule has 3 aliphatic rings. The second kappa shape index (κ2) is 8.01. The second-order valence-corrected chi connectivity index (χ2v) is 10.2. The highest BCUT2D eigenvalue weighted by atomic mass is 16.6. The van der Waals surface area contributed by atoms with Crippen molar-refractivity contribution in [2.24, 2.45) is 23.2 Å². The van der Waals surface area contributed by atoms with Crippen molar-refractivity contribution in [3.63, 3.8) is 0 Å². The van der Waals surface area contributed by atoms with Crippen LogP contribution in [-0.2, 0) is 16.0 Å². The number of aromatic amines is 1. The Balaban J connectivity index is 1.20. The van der Waals surface area contributed by atoms with Gasteiger partial charge in [-0.2, -0.15) is 0 Å². The lowest BCUT2D eigenvalue weighted by Gasteiger charge is -2.49. The smallest absolute Gasteiger partial charge is 0.315 e. The monoisotopic (exact) mass is 423 g/mol. The number of benzene rings is 1. The first kappa shape index (κ1) is 20.6. The summed E-state index contributed by atoms with van der Waals surface area (Å²) in [6.45, 7) is 8.57. The third-order valence-corrected chi connectivity index (χ3v) is 8.33. The van der Waals surface area contributed by atoms with E-state index in [4.69, 9.17) is 9.47 Å². The highest BCUT2D eigenvalue weighted by Crippen LogP contribution is 2.56. The van der Waals surface area contributed by atoms with E-state index in [1.165, 1.54) is 29.4 Å². The Labute approximate surface area is 184 Å². The molecule has 5 atom stereocenters. The molecule has 0 radical (unpaired) electrons. The molecule has 166 valence electrons. The number of H-pyrrole nitrogens is 1. The van der Waals surface area contributed by atoms with Gasteiger partial charge in [-0.05, 0) is 67.2 Å². The minimum absolute atomic E-state index is 0.0207. The van der Waals surface area contributed by atoms with Gasteiger partial charge in [-0.25, -0.2) is 0 Å². The quantitative estimate of drug-likeness (QED) is 0.424. The predicted molar refractivity (Wildman–Crippen MR) is 121 cm³/mol. The number of nitrogens with two attached hydrogens (primary N) is 1. The lowest BCUT2D eigenvalue weighted by atomic mass is 9.55. The molecule has 2 aromatic rings. The molecule has 0 unspecified atom stereocenters. The Morgan fingerprint density at radius 2 is 2.26 bits per heavy atom. The molecule has 2 heterocycles. The Bertz CT molecular complexity index is 996. The fourth-order valence-corrected chi connectivity index (χ4v) is 6.57. The summed E-state index contributed by atoms with van der Waals surface area (Å²) in [5, 5.41) is 3.52. The van der Waals surface area contributed by atoms with Crippen molar-refractivity contribution in [2.75, 3.05) is 20.2 Å². The van der Waals surface area contributed by atoms with Crippen molar-refractivity contribution in [3.8, 4) is 5.75 Å². The molecule has 0 bridgehead atoms. The largest absolute Gasteiger partial charge is 0.497 e. The summed E-state index contributed by atoms with van der Waals surface area (Å²) < 4.78 is 11.3. The first-order valence-electron chi connectivity index (χ1n) is 11.8. The van der Waals surface area contributed by atoms with Crippen LogP contribution in [0.5, 0.6) is 5.75 Å². The number of nitrogens with one attached hydrogen (secondary N) is 1. The maximum atomic E-state index is 12.7.